The van der Waals surface area contributed by atoms with E-state index in [0.29, 0.717) is 36.8 Å². The van der Waals surface area contributed by atoms with Gasteiger partial charge in [0.15, 0.2) is 11.5 Å². The van der Waals surface area contributed by atoms with Crippen molar-refractivity contribution in [1.29, 1.82) is 0 Å². The molecule has 1 fully saturated rings. The van der Waals surface area contributed by atoms with E-state index in [0.717, 1.165) is 30.6 Å². The van der Waals surface area contributed by atoms with Crippen LogP contribution in [0.1, 0.15) is 47.4 Å². The zero-order chi connectivity index (χ0) is 22.9. The Bertz CT molecular complexity index is 1030. The molecule has 33 heavy (non-hydrogen) atoms. The van der Waals surface area contributed by atoms with E-state index in [9.17, 15) is 4.79 Å². The van der Waals surface area contributed by atoms with Crippen molar-refractivity contribution in [1.82, 2.24) is 10.3 Å². The number of ether oxygens (including phenoxy) is 3. The van der Waals surface area contributed by atoms with Crippen LogP contribution in [-0.2, 0) is 11.3 Å². The van der Waals surface area contributed by atoms with Crippen molar-refractivity contribution in [3.63, 3.8) is 0 Å². The summed E-state index contributed by atoms with van der Waals surface area (Å²) in [6, 6.07) is 19.3. The van der Waals surface area contributed by atoms with E-state index in [2.05, 4.69) is 22.4 Å². The minimum atomic E-state index is -0.131. The Kier molecular flexibility index (Phi) is 7.93. The standard InChI is InChI=1S/C27H30N2O4/c1-2-31-25-17-22(10-11-24(25)33-19-20-12-14-28-15-13-20)27(30)29-18-23-9-6-16-32-26(23)21-7-4-3-5-8-21/h3-5,7-8,10-15,17,23,26H,2,6,9,16,18-19H2,1H3,(H,29,30). The number of nitrogens with one attached hydrogen (secondary N) is 1. The zero-order valence-corrected chi connectivity index (χ0v) is 18.9. The Morgan fingerprint density at radius 3 is 2.67 bits per heavy atom. The summed E-state index contributed by atoms with van der Waals surface area (Å²) in [4.78, 5) is 16.9. The predicted molar refractivity (Wildman–Crippen MR) is 126 cm³/mol. The van der Waals surface area contributed by atoms with E-state index in [1.165, 1.54) is 0 Å². The maximum Gasteiger partial charge on any atom is 0.251 e. The van der Waals surface area contributed by atoms with Crippen LogP contribution in [-0.4, -0.2) is 30.6 Å². The Morgan fingerprint density at radius 2 is 1.88 bits per heavy atom. The molecule has 0 aliphatic carbocycles. The quantitative estimate of drug-likeness (QED) is 0.503. The molecule has 6 nitrogen and oxygen atoms in total. The van der Waals surface area contributed by atoms with Crippen LogP contribution in [0.15, 0.2) is 73.1 Å². The number of pyridine rings is 1. The number of hydrogen-bond acceptors (Lipinski definition) is 5. The van der Waals surface area contributed by atoms with Gasteiger partial charge >= 0.3 is 0 Å². The average molecular weight is 447 g/mol. The molecule has 2 aromatic carbocycles. The van der Waals surface area contributed by atoms with Crippen LogP contribution in [0.3, 0.4) is 0 Å². The van der Waals surface area contributed by atoms with Crippen molar-refractivity contribution in [2.45, 2.75) is 32.5 Å². The summed E-state index contributed by atoms with van der Waals surface area (Å²) in [6.07, 6.45) is 5.49. The monoisotopic (exact) mass is 446 g/mol. The van der Waals surface area contributed by atoms with Crippen LogP contribution in [0.2, 0.25) is 0 Å². The second-order valence-corrected chi connectivity index (χ2v) is 8.05. The molecule has 2 atom stereocenters. The Labute approximate surface area is 194 Å². The van der Waals surface area contributed by atoms with Gasteiger partial charge in [0.25, 0.3) is 5.91 Å². The number of benzene rings is 2. The summed E-state index contributed by atoms with van der Waals surface area (Å²) in [5.74, 6) is 1.27. The van der Waals surface area contributed by atoms with Gasteiger partial charge in [0.05, 0.1) is 12.7 Å². The van der Waals surface area contributed by atoms with Gasteiger partial charge in [0, 0.05) is 37.0 Å². The maximum atomic E-state index is 12.9. The van der Waals surface area contributed by atoms with Gasteiger partial charge in [-0.3, -0.25) is 9.78 Å². The molecule has 0 radical (unpaired) electrons. The smallest absolute Gasteiger partial charge is 0.251 e. The van der Waals surface area contributed by atoms with Crippen LogP contribution >= 0.6 is 0 Å². The number of aromatic nitrogens is 1. The second kappa shape index (κ2) is 11.5. The van der Waals surface area contributed by atoms with Gasteiger partial charge in [-0.1, -0.05) is 30.3 Å². The van der Waals surface area contributed by atoms with Crippen LogP contribution in [0.4, 0.5) is 0 Å². The van der Waals surface area contributed by atoms with Crippen molar-refractivity contribution in [3.05, 3.63) is 89.7 Å². The molecule has 1 aromatic heterocycles. The van der Waals surface area contributed by atoms with Crippen molar-refractivity contribution in [2.24, 2.45) is 5.92 Å². The van der Waals surface area contributed by atoms with E-state index in [4.69, 9.17) is 14.2 Å². The molecule has 0 spiro atoms. The molecule has 2 unspecified atom stereocenters. The van der Waals surface area contributed by atoms with Gasteiger partial charge in [-0.15, -0.1) is 0 Å². The van der Waals surface area contributed by atoms with Crippen LogP contribution in [0, 0.1) is 5.92 Å². The van der Waals surface area contributed by atoms with Crippen molar-refractivity contribution >= 4 is 5.91 Å². The Hall–Kier alpha value is -3.38. The molecule has 172 valence electrons. The van der Waals surface area contributed by atoms with Gasteiger partial charge in [-0.2, -0.15) is 0 Å². The van der Waals surface area contributed by atoms with Gasteiger partial charge in [-0.05, 0) is 61.2 Å². The molecule has 1 amide bonds. The molecule has 2 heterocycles. The highest BCUT2D eigenvalue weighted by Gasteiger charge is 2.27. The van der Waals surface area contributed by atoms with Crippen molar-refractivity contribution in [3.8, 4) is 11.5 Å². The fourth-order valence-electron chi connectivity index (χ4n) is 4.07. The third-order valence-electron chi connectivity index (χ3n) is 5.75. The molecule has 1 N–H and O–H groups in total. The Morgan fingerprint density at radius 1 is 1.06 bits per heavy atom. The molecular weight excluding hydrogens is 416 g/mol. The predicted octanol–water partition coefficient (Wildman–Crippen LogP) is 4.96. The van der Waals surface area contributed by atoms with Crippen LogP contribution < -0.4 is 14.8 Å². The van der Waals surface area contributed by atoms with E-state index in [1.807, 2.05) is 37.3 Å². The fraction of sp³-hybridized carbons (Fsp3) is 0.333. The van der Waals surface area contributed by atoms with Crippen molar-refractivity contribution < 1.29 is 19.0 Å². The Balaban J connectivity index is 1.40. The number of carbonyl (C=O) groups excluding carboxylic acids is 1. The maximum absolute atomic E-state index is 12.9. The average Bonchev–Trinajstić information content (AvgIpc) is 2.88. The summed E-state index contributed by atoms with van der Waals surface area (Å²) in [5, 5.41) is 3.09. The highest BCUT2D eigenvalue weighted by molar-refractivity contribution is 5.94. The lowest BCUT2D eigenvalue weighted by Crippen LogP contribution is -2.35. The van der Waals surface area contributed by atoms with E-state index >= 15 is 0 Å². The van der Waals surface area contributed by atoms with E-state index in [-0.39, 0.29) is 17.9 Å². The summed E-state index contributed by atoms with van der Waals surface area (Å²) in [5.41, 5.74) is 2.71. The summed E-state index contributed by atoms with van der Waals surface area (Å²) < 4.78 is 17.7. The number of nitrogens with zero attached hydrogens (tertiary/aromatic N) is 1. The molecule has 4 rings (SSSR count). The largest absolute Gasteiger partial charge is 0.490 e. The topological polar surface area (TPSA) is 69.7 Å². The lowest BCUT2D eigenvalue weighted by Gasteiger charge is -2.32. The molecule has 1 aliphatic rings. The number of rotatable bonds is 9. The summed E-state index contributed by atoms with van der Waals surface area (Å²) in [6.45, 7) is 4.10. The first-order valence-corrected chi connectivity index (χ1v) is 11.5. The number of amides is 1. The summed E-state index contributed by atoms with van der Waals surface area (Å²) >= 11 is 0. The normalized spacial score (nSPS) is 17.8. The SMILES string of the molecule is CCOc1cc(C(=O)NCC2CCCOC2c2ccccc2)ccc1OCc1ccncc1. The van der Waals surface area contributed by atoms with Gasteiger partial charge in [0.1, 0.15) is 6.61 Å². The molecular formula is C27H30N2O4. The van der Waals surface area contributed by atoms with Gasteiger partial charge < -0.3 is 19.5 Å². The molecule has 0 saturated carbocycles. The third kappa shape index (κ3) is 6.11. The van der Waals surface area contributed by atoms with E-state index < -0.39 is 0 Å². The second-order valence-electron chi connectivity index (χ2n) is 8.05. The minimum absolute atomic E-state index is 0.00296. The lowest BCUT2D eigenvalue weighted by atomic mass is 9.89. The van der Waals surface area contributed by atoms with Crippen LogP contribution in [0.5, 0.6) is 11.5 Å². The van der Waals surface area contributed by atoms with Gasteiger partial charge in [0.2, 0.25) is 0 Å². The molecule has 1 aliphatic heterocycles. The highest BCUT2D eigenvalue weighted by Crippen LogP contribution is 2.33. The highest BCUT2D eigenvalue weighted by atomic mass is 16.5. The number of hydrogen-bond donors (Lipinski definition) is 1. The number of carbonyl (C=O) groups is 1. The van der Waals surface area contributed by atoms with Crippen molar-refractivity contribution in [2.75, 3.05) is 19.8 Å². The molecule has 0 bridgehead atoms. The summed E-state index contributed by atoms with van der Waals surface area (Å²) in [7, 11) is 0. The fourth-order valence-corrected chi connectivity index (χ4v) is 4.07. The molecule has 6 heteroatoms. The molecule has 1 saturated heterocycles. The first-order chi connectivity index (χ1) is 16.2. The lowest BCUT2D eigenvalue weighted by molar-refractivity contribution is -0.0272. The van der Waals surface area contributed by atoms with Gasteiger partial charge in [-0.25, -0.2) is 0 Å². The first kappa shape index (κ1) is 22.8. The first-order valence-electron chi connectivity index (χ1n) is 11.5. The van der Waals surface area contributed by atoms with E-state index in [1.54, 1.807) is 30.6 Å². The minimum Gasteiger partial charge on any atom is -0.490 e. The third-order valence-corrected chi connectivity index (χ3v) is 5.75. The zero-order valence-electron chi connectivity index (χ0n) is 18.9. The van der Waals surface area contributed by atoms with Crippen LogP contribution in [0.25, 0.3) is 0 Å². The molecule has 3 aromatic rings.